The molecule has 0 atom stereocenters. The third-order valence-corrected chi connectivity index (χ3v) is 13.1. The molecule has 6 heteroatoms. The monoisotopic (exact) mass is 605 g/mol. The summed E-state index contributed by atoms with van der Waals surface area (Å²) >= 11 is 0. The Labute approximate surface area is 268 Å². The van der Waals surface area contributed by atoms with Gasteiger partial charge in [-0.3, -0.25) is 4.98 Å². The molecule has 1 heterocycles. The van der Waals surface area contributed by atoms with E-state index in [-0.39, 0.29) is 5.82 Å². The molecule has 0 aliphatic rings. The van der Waals surface area contributed by atoms with Crippen molar-refractivity contribution in [3.8, 4) is 11.5 Å². The minimum absolute atomic E-state index is 0.0669. The van der Waals surface area contributed by atoms with Gasteiger partial charge in [-0.1, -0.05) is 115 Å². The van der Waals surface area contributed by atoms with Crippen molar-refractivity contribution in [2.75, 3.05) is 13.2 Å². The van der Waals surface area contributed by atoms with Crippen molar-refractivity contribution in [2.45, 2.75) is 25.8 Å². The quantitative estimate of drug-likeness (QED) is 0.129. The van der Waals surface area contributed by atoms with E-state index >= 15 is 0 Å². The topological polar surface area (TPSA) is 36.3 Å². The summed E-state index contributed by atoms with van der Waals surface area (Å²) in [7, 11) is -0.359. The van der Waals surface area contributed by atoms with E-state index in [1.165, 1.54) is 26.7 Å². The summed E-state index contributed by atoms with van der Waals surface area (Å²) in [5, 5.41) is 3.95. The number of imidazole rings is 1. The summed E-state index contributed by atoms with van der Waals surface area (Å²) < 4.78 is 14.1. The molecule has 6 rings (SSSR count). The van der Waals surface area contributed by atoms with Crippen LogP contribution in [0.3, 0.4) is 0 Å². The number of aromatic nitrogens is 2. The Morgan fingerprint density at radius 3 is 1.51 bits per heavy atom. The van der Waals surface area contributed by atoms with E-state index in [1.54, 1.807) is 0 Å². The van der Waals surface area contributed by atoms with Crippen molar-refractivity contribution in [3.05, 3.63) is 163 Å². The van der Waals surface area contributed by atoms with E-state index in [4.69, 9.17) is 14.5 Å². The molecule has 223 valence electrons. The predicted molar refractivity (Wildman–Crippen MR) is 189 cm³/mol. The zero-order valence-corrected chi connectivity index (χ0v) is 26.9. The van der Waals surface area contributed by atoms with Crippen molar-refractivity contribution < 1.29 is 9.47 Å². The second-order valence-corrected chi connectivity index (χ2v) is 14.9. The molecule has 5 aromatic carbocycles. The normalized spacial score (nSPS) is 11.4. The van der Waals surface area contributed by atoms with Crippen molar-refractivity contribution in [1.29, 1.82) is 0 Å². The molecule has 0 N–H and O–H groups in total. The van der Waals surface area contributed by atoms with Crippen LogP contribution >= 0.6 is 0 Å². The van der Waals surface area contributed by atoms with E-state index in [1.807, 2.05) is 20.0 Å². The molecule has 0 aliphatic heterocycles. The van der Waals surface area contributed by atoms with E-state index < -0.39 is 8.07 Å². The summed E-state index contributed by atoms with van der Waals surface area (Å²) in [5.74, 6) is 1.83. The van der Waals surface area contributed by atoms with Gasteiger partial charge in [-0.15, -0.1) is 0 Å². The first-order valence-corrected chi connectivity index (χ1v) is 17.9. The highest BCUT2D eigenvalue weighted by atomic mass is 28.3. The van der Waals surface area contributed by atoms with Crippen LogP contribution in [0.25, 0.3) is 0 Å². The van der Waals surface area contributed by atoms with Gasteiger partial charge in [0.1, 0.15) is 11.5 Å². The van der Waals surface area contributed by atoms with Crippen molar-refractivity contribution in [3.63, 3.8) is 0 Å². The minimum atomic E-state index is -2.67. The molecule has 0 bridgehead atoms. The number of nitrogens with zero attached hydrogens (tertiary/aromatic N) is 2. The van der Waals surface area contributed by atoms with Crippen LogP contribution in [0.1, 0.15) is 30.8 Å². The lowest BCUT2D eigenvalue weighted by molar-refractivity contribution is 0.340. The Kier molecular flexibility index (Phi) is 9.62. The van der Waals surface area contributed by atoms with Crippen molar-refractivity contribution in [1.82, 2.24) is 9.55 Å². The van der Waals surface area contributed by atoms with Gasteiger partial charge in [-0.25, -0.2) is 0 Å². The van der Waals surface area contributed by atoms with Crippen LogP contribution in [0.15, 0.2) is 152 Å². The minimum Gasteiger partial charge on any atom is -0.494 e. The molecule has 1 aromatic heterocycles. The van der Waals surface area contributed by atoms with E-state index in [0.29, 0.717) is 13.2 Å². The largest absolute Gasteiger partial charge is 0.494 e. The molecule has 0 saturated carbocycles. The van der Waals surface area contributed by atoms with Gasteiger partial charge in [0.15, 0.2) is 8.07 Å². The summed E-state index contributed by atoms with van der Waals surface area (Å²) in [6.45, 7) is 5.31. The van der Waals surface area contributed by atoms with Crippen LogP contribution in [0.5, 0.6) is 11.5 Å². The Balaban J connectivity index is 1.48. The van der Waals surface area contributed by atoms with Gasteiger partial charge in [0.2, 0.25) is 7.28 Å². The number of ether oxygens (including phenoxy) is 2. The molecule has 0 saturated heterocycles. The maximum absolute atomic E-state index is 5.86. The summed E-state index contributed by atoms with van der Waals surface area (Å²) in [5.41, 5.74) is 3.43. The third-order valence-electron chi connectivity index (χ3n) is 8.37. The first-order chi connectivity index (χ1) is 22.2. The molecule has 0 unspecified atom stereocenters. The molecule has 0 fully saturated rings. The van der Waals surface area contributed by atoms with Gasteiger partial charge in [0, 0.05) is 18.6 Å². The fourth-order valence-electron chi connectivity index (χ4n) is 6.22. The zero-order chi connectivity index (χ0) is 30.9. The van der Waals surface area contributed by atoms with Crippen LogP contribution in [-0.2, 0) is 6.17 Å². The van der Waals surface area contributed by atoms with E-state index in [2.05, 4.69) is 158 Å². The standard InChI is InChI=1S/C39H38BN2O2Si/c1-3-43-33-20-24-36(25-21-33)45(35-18-12-7-13-19-35,37-26-22-34(23-27-37)44-4-2)30-42-29-28-41-39(42)40-38(31-14-8-5-9-15-31)32-16-10-6-11-17-32/h5-29,38H,3-4,30H2,1-2H3. The molecular weight excluding hydrogens is 567 g/mol. The Morgan fingerprint density at radius 2 is 1.04 bits per heavy atom. The van der Waals surface area contributed by atoms with Crippen LogP contribution in [0.4, 0.5) is 0 Å². The van der Waals surface area contributed by atoms with Gasteiger partial charge >= 0.3 is 0 Å². The van der Waals surface area contributed by atoms with Crippen molar-refractivity contribution >= 4 is 36.6 Å². The second kappa shape index (κ2) is 14.3. The van der Waals surface area contributed by atoms with Gasteiger partial charge in [-0.05, 0) is 70.6 Å². The maximum Gasteiger partial charge on any atom is 0.215 e. The first-order valence-electron chi connectivity index (χ1n) is 15.7. The first kappa shape index (κ1) is 30.2. The number of rotatable bonds is 13. The Hall–Kier alpha value is -4.81. The van der Waals surface area contributed by atoms with E-state index in [0.717, 1.165) is 23.4 Å². The van der Waals surface area contributed by atoms with Crippen LogP contribution in [-0.4, -0.2) is 38.1 Å². The molecule has 0 amide bonds. The number of hydrogen-bond acceptors (Lipinski definition) is 3. The second-order valence-electron chi connectivity index (χ2n) is 11.1. The Bertz CT molecular complexity index is 1670. The molecular formula is C39H38BN2O2Si. The SMILES string of the molecule is CCOc1ccc([Si](Cn2ccnc2[B]C(c2ccccc2)c2ccccc2)(c2ccccc2)c2ccc(OCC)cc2)cc1. The van der Waals surface area contributed by atoms with Gasteiger partial charge in [0.05, 0.1) is 18.9 Å². The predicted octanol–water partition coefficient (Wildman–Crippen LogP) is 5.51. The molecule has 45 heavy (non-hydrogen) atoms. The third kappa shape index (κ3) is 6.66. The average molecular weight is 606 g/mol. The Morgan fingerprint density at radius 1 is 0.600 bits per heavy atom. The van der Waals surface area contributed by atoms with Gasteiger partial charge in [-0.2, -0.15) is 0 Å². The van der Waals surface area contributed by atoms with Gasteiger partial charge in [0.25, 0.3) is 0 Å². The fourth-order valence-corrected chi connectivity index (χ4v) is 10.8. The fraction of sp³-hybridized carbons (Fsp3) is 0.154. The molecule has 0 spiro atoms. The maximum atomic E-state index is 5.86. The lowest BCUT2D eigenvalue weighted by Crippen LogP contribution is -2.70. The molecule has 6 aromatic rings. The molecule has 0 aliphatic carbocycles. The number of hydrogen-bond donors (Lipinski definition) is 0. The highest BCUT2D eigenvalue weighted by Gasteiger charge is 2.40. The highest BCUT2D eigenvalue weighted by molar-refractivity contribution is 7.10. The summed E-state index contributed by atoms with van der Waals surface area (Å²) in [4.78, 5) is 4.94. The average Bonchev–Trinajstić information content (AvgIpc) is 3.54. The highest BCUT2D eigenvalue weighted by Crippen LogP contribution is 2.23. The van der Waals surface area contributed by atoms with E-state index in [9.17, 15) is 0 Å². The number of benzene rings is 5. The molecule has 1 radical (unpaired) electrons. The van der Waals surface area contributed by atoms with Crippen LogP contribution < -0.4 is 30.8 Å². The summed E-state index contributed by atoms with van der Waals surface area (Å²) in [6, 6.07) is 49.8. The van der Waals surface area contributed by atoms with Crippen LogP contribution in [0.2, 0.25) is 0 Å². The lowest BCUT2D eigenvalue weighted by atomic mass is 9.58. The molecule has 4 nitrogen and oxygen atoms in total. The zero-order valence-electron chi connectivity index (χ0n) is 25.9. The van der Waals surface area contributed by atoms with Crippen molar-refractivity contribution in [2.24, 2.45) is 0 Å². The lowest BCUT2D eigenvalue weighted by Gasteiger charge is -2.35. The smallest absolute Gasteiger partial charge is 0.215 e. The van der Waals surface area contributed by atoms with Gasteiger partial charge < -0.3 is 14.0 Å². The summed E-state index contributed by atoms with van der Waals surface area (Å²) in [6.07, 6.45) is 4.84. The van der Waals surface area contributed by atoms with Crippen LogP contribution in [0, 0.1) is 0 Å².